The van der Waals surface area contributed by atoms with Crippen molar-refractivity contribution in [2.45, 2.75) is 37.6 Å². The van der Waals surface area contributed by atoms with Gasteiger partial charge in [-0.25, -0.2) is 12.8 Å². The lowest BCUT2D eigenvalue weighted by atomic mass is 10.2. The van der Waals surface area contributed by atoms with Gasteiger partial charge in [-0.2, -0.15) is 4.31 Å². The maximum absolute atomic E-state index is 13.7. The molecule has 0 heterocycles. The molecule has 1 aromatic carbocycles. The number of halogens is 1. The number of anilines is 1. The highest BCUT2D eigenvalue weighted by atomic mass is 32.2. The standard InChI is InChI=1S/C12H19FN2O2S/c1-4-5-9(2)15(3)18(16,17)12-7-6-10(14)8-11(12)13/h6-9H,4-5,14H2,1-3H3. The zero-order valence-corrected chi connectivity index (χ0v) is 11.7. The molecule has 0 aromatic heterocycles. The molecular weight excluding hydrogens is 255 g/mol. The van der Waals surface area contributed by atoms with Gasteiger partial charge in [-0.1, -0.05) is 13.3 Å². The summed E-state index contributed by atoms with van der Waals surface area (Å²) in [5.41, 5.74) is 5.61. The van der Waals surface area contributed by atoms with Gasteiger partial charge in [0.2, 0.25) is 10.0 Å². The van der Waals surface area contributed by atoms with E-state index in [4.69, 9.17) is 5.73 Å². The molecule has 0 spiro atoms. The van der Waals surface area contributed by atoms with Crippen LogP contribution in [0.25, 0.3) is 0 Å². The summed E-state index contributed by atoms with van der Waals surface area (Å²) in [5, 5.41) is 0. The summed E-state index contributed by atoms with van der Waals surface area (Å²) in [5.74, 6) is -0.814. The molecule has 2 N–H and O–H groups in total. The Morgan fingerprint density at radius 2 is 2.06 bits per heavy atom. The smallest absolute Gasteiger partial charge is 0.245 e. The van der Waals surface area contributed by atoms with E-state index in [0.717, 1.165) is 18.9 Å². The van der Waals surface area contributed by atoms with Gasteiger partial charge in [-0.15, -0.1) is 0 Å². The summed E-state index contributed by atoms with van der Waals surface area (Å²) in [7, 11) is -2.34. The lowest BCUT2D eigenvalue weighted by molar-refractivity contribution is 0.366. The van der Waals surface area contributed by atoms with Crippen LogP contribution >= 0.6 is 0 Å². The largest absolute Gasteiger partial charge is 0.399 e. The first-order chi connectivity index (χ1) is 8.30. The van der Waals surface area contributed by atoms with E-state index >= 15 is 0 Å². The monoisotopic (exact) mass is 274 g/mol. The third-order valence-corrected chi connectivity index (χ3v) is 4.95. The number of nitrogen functional groups attached to an aromatic ring is 1. The highest BCUT2D eigenvalue weighted by Crippen LogP contribution is 2.22. The number of hydrogen-bond acceptors (Lipinski definition) is 3. The van der Waals surface area contributed by atoms with Gasteiger partial charge < -0.3 is 5.73 Å². The van der Waals surface area contributed by atoms with Gasteiger partial charge in [-0.05, 0) is 31.5 Å². The van der Waals surface area contributed by atoms with Crippen LogP contribution in [0.5, 0.6) is 0 Å². The van der Waals surface area contributed by atoms with Crippen LogP contribution in [0.15, 0.2) is 23.1 Å². The van der Waals surface area contributed by atoms with Crippen LogP contribution in [0.4, 0.5) is 10.1 Å². The minimum atomic E-state index is -3.81. The molecule has 102 valence electrons. The van der Waals surface area contributed by atoms with Crippen LogP contribution < -0.4 is 5.73 Å². The Labute approximate surface area is 108 Å². The van der Waals surface area contributed by atoms with Gasteiger partial charge in [0.15, 0.2) is 0 Å². The summed E-state index contributed by atoms with van der Waals surface area (Å²) in [6.45, 7) is 3.77. The maximum atomic E-state index is 13.7. The molecule has 1 rings (SSSR count). The summed E-state index contributed by atoms with van der Waals surface area (Å²) >= 11 is 0. The van der Waals surface area contributed by atoms with Crippen LogP contribution in [0.1, 0.15) is 26.7 Å². The minimum Gasteiger partial charge on any atom is -0.399 e. The van der Waals surface area contributed by atoms with Crippen molar-refractivity contribution < 1.29 is 12.8 Å². The van der Waals surface area contributed by atoms with E-state index in [2.05, 4.69) is 0 Å². The number of hydrogen-bond donors (Lipinski definition) is 1. The lowest BCUT2D eigenvalue weighted by Crippen LogP contribution is -2.35. The molecule has 0 fully saturated rings. The van der Waals surface area contributed by atoms with E-state index in [-0.39, 0.29) is 16.6 Å². The van der Waals surface area contributed by atoms with Crippen LogP contribution in [0, 0.1) is 5.82 Å². The molecular formula is C12H19FN2O2S. The van der Waals surface area contributed by atoms with Crippen molar-refractivity contribution in [2.75, 3.05) is 12.8 Å². The number of rotatable bonds is 5. The first kappa shape index (κ1) is 14.9. The Kier molecular flexibility index (Phi) is 4.70. The Hall–Kier alpha value is -1.14. The number of nitrogens with zero attached hydrogens (tertiary/aromatic N) is 1. The molecule has 6 heteroatoms. The fourth-order valence-electron chi connectivity index (χ4n) is 1.72. The number of sulfonamides is 1. The molecule has 18 heavy (non-hydrogen) atoms. The van der Waals surface area contributed by atoms with Crippen molar-refractivity contribution in [1.29, 1.82) is 0 Å². The number of nitrogens with two attached hydrogens (primary N) is 1. The van der Waals surface area contributed by atoms with E-state index in [1.54, 1.807) is 6.92 Å². The van der Waals surface area contributed by atoms with Gasteiger partial charge in [0.25, 0.3) is 0 Å². The fraction of sp³-hybridized carbons (Fsp3) is 0.500. The molecule has 0 saturated heterocycles. The Bertz CT molecular complexity index is 517. The molecule has 0 radical (unpaired) electrons. The lowest BCUT2D eigenvalue weighted by Gasteiger charge is -2.24. The van der Waals surface area contributed by atoms with Crippen molar-refractivity contribution in [2.24, 2.45) is 0 Å². The fourth-order valence-corrected chi connectivity index (χ4v) is 3.15. The van der Waals surface area contributed by atoms with Crippen LogP contribution in [0.2, 0.25) is 0 Å². The topological polar surface area (TPSA) is 63.4 Å². The molecule has 1 aromatic rings. The number of benzene rings is 1. The minimum absolute atomic E-state index is 0.169. The van der Waals surface area contributed by atoms with Crippen molar-refractivity contribution in [3.8, 4) is 0 Å². The predicted molar refractivity (Wildman–Crippen MR) is 70.1 cm³/mol. The third-order valence-electron chi connectivity index (χ3n) is 2.94. The first-order valence-corrected chi connectivity index (χ1v) is 7.27. The zero-order valence-electron chi connectivity index (χ0n) is 10.9. The normalized spacial score (nSPS) is 13.8. The average molecular weight is 274 g/mol. The van der Waals surface area contributed by atoms with Gasteiger partial charge in [0.05, 0.1) is 0 Å². The van der Waals surface area contributed by atoms with E-state index in [9.17, 15) is 12.8 Å². The highest BCUT2D eigenvalue weighted by Gasteiger charge is 2.27. The van der Waals surface area contributed by atoms with E-state index in [1.807, 2.05) is 6.92 Å². The Balaban J connectivity index is 3.13. The van der Waals surface area contributed by atoms with Crippen LogP contribution in [0.3, 0.4) is 0 Å². The predicted octanol–water partition coefficient (Wildman–Crippen LogP) is 2.22. The SMILES string of the molecule is CCCC(C)N(C)S(=O)(=O)c1ccc(N)cc1F. The summed E-state index contributed by atoms with van der Waals surface area (Å²) in [6, 6.07) is 3.44. The first-order valence-electron chi connectivity index (χ1n) is 5.83. The van der Waals surface area contributed by atoms with Crippen molar-refractivity contribution in [3.05, 3.63) is 24.0 Å². The van der Waals surface area contributed by atoms with Crippen molar-refractivity contribution >= 4 is 15.7 Å². The van der Waals surface area contributed by atoms with E-state index in [1.165, 1.54) is 23.5 Å². The molecule has 0 aliphatic rings. The quantitative estimate of drug-likeness (QED) is 0.837. The van der Waals surface area contributed by atoms with Crippen molar-refractivity contribution in [1.82, 2.24) is 4.31 Å². The van der Waals surface area contributed by atoms with Crippen LogP contribution in [-0.2, 0) is 10.0 Å². The maximum Gasteiger partial charge on any atom is 0.245 e. The van der Waals surface area contributed by atoms with E-state index < -0.39 is 15.8 Å². The van der Waals surface area contributed by atoms with Gasteiger partial charge in [-0.3, -0.25) is 0 Å². The van der Waals surface area contributed by atoms with Gasteiger partial charge in [0.1, 0.15) is 10.7 Å². The molecule has 0 amide bonds. The molecule has 0 aliphatic carbocycles. The second-order valence-electron chi connectivity index (χ2n) is 4.35. The Morgan fingerprint density at radius 3 is 2.56 bits per heavy atom. The second kappa shape index (κ2) is 5.67. The molecule has 0 saturated carbocycles. The Morgan fingerprint density at radius 1 is 1.44 bits per heavy atom. The summed E-state index contributed by atoms with van der Waals surface area (Å²) in [6.07, 6.45) is 1.59. The molecule has 1 unspecified atom stereocenters. The molecule has 1 atom stereocenters. The summed E-state index contributed by atoms with van der Waals surface area (Å²) in [4.78, 5) is -0.331. The highest BCUT2D eigenvalue weighted by molar-refractivity contribution is 7.89. The van der Waals surface area contributed by atoms with Gasteiger partial charge >= 0.3 is 0 Å². The van der Waals surface area contributed by atoms with Crippen molar-refractivity contribution in [3.63, 3.8) is 0 Å². The average Bonchev–Trinajstić information content (AvgIpc) is 2.27. The zero-order chi connectivity index (χ0) is 13.9. The van der Waals surface area contributed by atoms with Crippen LogP contribution in [-0.4, -0.2) is 25.8 Å². The summed E-state index contributed by atoms with van der Waals surface area (Å²) < 4.78 is 39.3. The molecule has 0 aliphatic heterocycles. The van der Waals surface area contributed by atoms with E-state index in [0.29, 0.717) is 0 Å². The third kappa shape index (κ3) is 3.00. The molecule has 4 nitrogen and oxygen atoms in total. The molecule has 0 bridgehead atoms. The van der Waals surface area contributed by atoms with Gasteiger partial charge in [0, 0.05) is 18.8 Å². The second-order valence-corrected chi connectivity index (χ2v) is 6.31.